The Morgan fingerprint density at radius 1 is 1.30 bits per heavy atom. The van der Waals surface area contributed by atoms with Crippen LogP contribution in [-0.4, -0.2) is 33.4 Å². The van der Waals surface area contributed by atoms with Crippen molar-refractivity contribution in [3.63, 3.8) is 0 Å². The van der Waals surface area contributed by atoms with Crippen molar-refractivity contribution < 1.29 is 4.74 Å². The molecule has 1 unspecified atom stereocenters. The van der Waals surface area contributed by atoms with Gasteiger partial charge in [0.25, 0.3) is 0 Å². The molecule has 20 heavy (non-hydrogen) atoms. The monoisotopic (exact) mass is 298 g/mol. The fourth-order valence-corrected chi connectivity index (χ4v) is 2.38. The smallest absolute Gasteiger partial charge is 0.0663 e. The molecule has 3 nitrogen and oxygen atoms in total. The van der Waals surface area contributed by atoms with Crippen molar-refractivity contribution in [1.82, 2.24) is 5.32 Å². The first-order chi connectivity index (χ1) is 9.45. The molecule has 0 aliphatic rings. The number of methoxy groups -OCH3 is 1. The summed E-state index contributed by atoms with van der Waals surface area (Å²) in [7, 11) is 3.76. The maximum atomic E-state index is 6.40. The lowest BCUT2D eigenvalue weighted by molar-refractivity contribution is 0.183. The van der Waals surface area contributed by atoms with Crippen molar-refractivity contribution >= 4 is 17.3 Å². The summed E-state index contributed by atoms with van der Waals surface area (Å²) in [4.78, 5) is 2.15. The molecule has 1 atom stereocenters. The van der Waals surface area contributed by atoms with Gasteiger partial charge in [0.1, 0.15) is 0 Å². The molecule has 0 amide bonds. The zero-order chi connectivity index (χ0) is 15.1. The van der Waals surface area contributed by atoms with Gasteiger partial charge < -0.3 is 15.0 Å². The summed E-state index contributed by atoms with van der Waals surface area (Å²) < 4.78 is 5.19. The first-order valence-corrected chi connectivity index (χ1v) is 7.54. The molecule has 0 heterocycles. The molecule has 0 fully saturated rings. The lowest BCUT2D eigenvalue weighted by Crippen LogP contribution is -2.32. The van der Waals surface area contributed by atoms with Gasteiger partial charge in [-0.05, 0) is 37.1 Å². The Hall–Kier alpha value is -0.770. The lowest BCUT2D eigenvalue weighted by Gasteiger charge is -2.27. The number of hydrogen-bond donors (Lipinski definition) is 1. The number of hydrogen-bond acceptors (Lipinski definition) is 3. The van der Waals surface area contributed by atoms with Gasteiger partial charge in [0.15, 0.2) is 0 Å². The number of nitrogens with one attached hydrogen (secondary N) is 1. The predicted octanol–water partition coefficient (Wildman–Crippen LogP) is 3.56. The molecule has 0 aromatic heterocycles. The third-order valence-electron chi connectivity index (χ3n) is 3.34. The van der Waals surface area contributed by atoms with Crippen molar-refractivity contribution in [2.24, 2.45) is 5.92 Å². The Balaban J connectivity index is 2.67. The van der Waals surface area contributed by atoms with Crippen molar-refractivity contribution in [1.29, 1.82) is 0 Å². The molecule has 0 spiro atoms. The summed E-state index contributed by atoms with van der Waals surface area (Å²) in [5.74, 6) is 0.658. The predicted molar refractivity (Wildman–Crippen MR) is 87.7 cm³/mol. The van der Waals surface area contributed by atoms with E-state index in [4.69, 9.17) is 16.3 Å². The molecule has 0 aliphatic carbocycles. The lowest BCUT2D eigenvalue weighted by atomic mass is 10.1. The molecule has 1 aromatic rings. The molecule has 1 rings (SSSR count). The van der Waals surface area contributed by atoms with E-state index >= 15 is 0 Å². The summed E-state index contributed by atoms with van der Waals surface area (Å²) in [6.45, 7) is 9.09. The average molecular weight is 299 g/mol. The minimum atomic E-state index is 0.294. The normalized spacial score (nSPS) is 12.8. The van der Waals surface area contributed by atoms with Crippen LogP contribution in [0.3, 0.4) is 0 Å². The molecule has 1 aromatic carbocycles. The Bertz CT molecular complexity index is 409. The van der Waals surface area contributed by atoms with Crippen LogP contribution in [-0.2, 0) is 11.3 Å². The standard InChI is InChI=1S/C16H27ClN2O/c1-12(2)9-18-10-14-6-7-16(15(17)8-14)19(4)13(3)11-20-5/h6-8,12-13,18H,9-11H2,1-5H3. The molecule has 0 saturated carbocycles. The van der Waals surface area contributed by atoms with E-state index in [1.165, 1.54) is 5.56 Å². The highest BCUT2D eigenvalue weighted by atomic mass is 35.5. The van der Waals surface area contributed by atoms with Crippen molar-refractivity contribution in [3.05, 3.63) is 28.8 Å². The molecule has 114 valence electrons. The van der Waals surface area contributed by atoms with E-state index in [-0.39, 0.29) is 0 Å². The number of nitrogens with zero attached hydrogens (tertiary/aromatic N) is 1. The van der Waals surface area contributed by atoms with Crippen LogP contribution < -0.4 is 10.2 Å². The SMILES string of the molecule is COCC(C)N(C)c1ccc(CNCC(C)C)cc1Cl. The maximum Gasteiger partial charge on any atom is 0.0663 e. The zero-order valence-electron chi connectivity index (χ0n) is 13.2. The first-order valence-electron chi connectivity index (χ1n) is 7.16. The Morgan fingerprint density at radius 2 is 2.00 bits per heavy atom. The van der Waals surface area contributed by atoms with Gasteiger partial charge in [-0.15, -0.1) is 0 Å². The van der Waals surface area contributed by atoms with Gasteiger partial charge in [0.2, 0.25) is 0 Å². The van der Waals surface area contributed by atoms with Gasteiger partial charge in [-0.3, -0.25) is 0 Å². The highest BCUT2D eigenvalue weighted by Crippen LogP contribution is 2.27. The zero-order valence-corrected chi connectivity index (χ0v) is 14.0. The summed E-state index contributed by atoms with van der Waals surface area (Å²) in [5.41, 5.74) is 2.26. The van der Waals surface area contributed by atoms with Crippen LogP contribution in [0.25, 0.3) is 0 Å². The maximum absolute atomic E-state index is 6.40. The van der Waals surface area contributed by atoms with Crippen molar-refractivity contribution in [2.75, 3.05) is 32.2 Å². The van der Waals surface area contributed by atoms with E-state index < -0.39 is 0 Å². The molecular formula is C16H27ClN2O. The highest BCUT2D eigenvalue weighted by molar-refractivity contribution is 6.33. The summed E-state index contributed by atoms with van der Waals surface area (Å²) in [5, 5.41) is 4.22. The van der Waals surface area contributed by atoms with E-state index in [9.17, 15) is 0 Å². The molecule has 1 N–H and O–H groups in total. The van der Waals surface area contributed by atoms with E-state index in [0.717, 1.165) is 23.8 Å². The van der Waals surface area contributed by atoms with Gasteiger partial charge in [-0.25, -0.2) is 0 Å². The summed E-state index contributed by atoms with van der Waals surface area (Å²) in [6, 6.07) is 6.55. The van der Waals surface area contributed by atoms with Crippen molar-refractivity contribution in [3.8, 4) is 0 Å². The van der Waals surface area contributed by atoms with Gasteiger partial charge in [0, 0.05) is 26.7 Å². The molecule has 0 aliphatic heterocycles. The van der Waals surface area contributed by atoms with Crippen LogP contribution in [0.2, 0.25) is 5.02 Å². The Labute approximate surface area is 128 Å². The number of anilines is 1. The first kappa shape index (κ1) is 17.3. The quantitative estimate of drug-likeness (QED) is 0.794. The van der Waals surface area contributed by atoms with Crippen LogP contribution in [0.4, 0.5) is 5.69 Å². The second-order valence-electron chi connectivity index (χ2n) is 5.73. The number of likely N-dealkylation sites (N-methyl/N-ethyl adjacent to an activating group) is 1. The number of ether oxygens (including phenoxy) is 1. The van der Waals surface area contributed by atoms with Crippen LogP contribution in [0.5, 0.6) is 0 Å². The van der Waals surface area contributed by atoms with E-state index in [2.05, 4.69) is 43.1 Å². The van der Waals surface area contributed by atoms with Crippen LogP contribution in [0.15, 0.2) is 18.2 Å². The second kappa shape index (κ2) is 8.50. The topological polar surface area (TPSA) is 24.5 Å². The second-order valence-corrected chi connectivity index (χ2v) is 6.13. The molecule has 0 bridgehead atoms. The molecule has 0 radical (unpaired) electrons. The molecular weight excluding hydrogens is 272 g/mol. The molecule has 0 saturated heterocycles. The van der Waals surface area contributed by atoms with Gasteiger partial charge in [-0.1, -0.05) is 31.5 Å². The largest absolute Gasteiger partial charge is 0.383 e. The third-order valence-corrected chi connectivity index (χ3v) is 3.65. The van der Waals surface area contributed by atoms with E-state index in [0.29, 0.717) is 18.6 Å². The van der Waals surface area contributed by atoms with Crippen LogP contribution >= 0.6 is 11.6 Å². The fraction of sp³-hybridized carbons (Fsp3) is 0.625. The van der Waals surface area contributed by atoms with Crippen LogP contribution in [0, 0.1) is 5.92 Å². The van der Waals surface area contributed by atoms with Crippen molar-refractivity contribution in [2.45, 2.75) is 33.4 Å². The number of rotatable bonds is 8. The van der Waals surface area contributed by atoms with Gasteiger partial charge in [-0.2, -0.15) is 0 Å². The number of halogens is 1. The van der Waals surface area contributed by atoms with E-state index in [1.54, 1.807) is 7.11 Å². The minimum absolute atomic E-state index is 0.294. The fourth-order valence-electron chi connectivity index (χ4n) is 2.04. The Morgan fingerprint density at radius 3 is 2.55 bits per heavy atom. The summed E-state index contributed by atoms with van der Waals surface area (Å²) in [6.07, 6.45) is 0. The van der Waals surface area contributed by atoms with E-state index in [1.807, 2.05) is 13.1 Å². The average Bonchev–Trinajstić information content (AvgIpc) is 2.38. The summed E-state index contributed by atoms with van der Waals surface area (Å²) >= 11 is 6.40. The van der Waals surface area contributed by atoms with Crippen LogP contribution in [0.1, 0.15) is 26.3 Å². The third kappa shape index (κ3) is 5.31. The van der Waals surface area contributed by atoms with Gasteiger partial charge in [0.05, 0.1) is 17.3 Å². The minimum Gasteiger partial charge on any atom is -0.383 e. The van der Waals surface area contributed by atoms with Gasteiger partial charge >= 0.3 is 0 Å². The Kier molecular flexibility index (Phi) is 7.35. The number of benzene rings is 1. The highest BCUT2D eigenvalue weighted by Gasteiger charge is 2.13. The molecule has 4 heteroatoms.